The van der Waals surface area contributed by atoms with Crippen LogP contribution in [0.5, 0.6) is 5.88 Å². The van der Waals surface area contributed by atoms with Gasteiger partial charge in [0.05, 0.1) is 12.6 Å². The summed E-state index contributed by atoms with van der Waals surface area (Å²) in [7, 11) is 1.56. The highest BCUT2D eigenvalue weighted by molar-refractivity contribution is 6.22. The summed E-state index contributed by atoms with van der Waals surface area (Å²) in [5, 5.41) is 3.18. The molecule has 0 fully saturated rings. The minimum atomic E-state index is -0.394. The molecule has 1 rings (SSSR count). The average Bonchev–Trinajstić information content (AvgIpc) is 2.28. The van der Waals surface area contributed by atoms with Crippen molar-refractivity contribution in [2.75, 3.05) is 24.2 Å². The summed E-state index contributed by atoms with van der Waals surface area (Å²) < 4.78 is 5.06. The number of halogens is 2. The Kier molecular flexibility index (Phi) is 4.62. The molecule has 0 aliphatic heterocycles. The van der Waals surface area contributed by atoms with Gasteiger partial charge in [-0.3, -0.25) is 0 Å². The zero-order chi connectivity index (χ0) is 12.2. The number of nitrogens with one attached hydrogen (secondary N) is 1. The van der Waals surface area contributed by atoms with Gasteiger partial charge in [0.25, 0.3) is 0 Å². The summed E-state index contributed by atoms with van der Waals surface area (Å²) in [4.78, 5) is 8.34. The van der Waals surface area contributed by atoms with Crippen LogP contribution >= 0.6 is 23.2 Å². The van der Waals surface area contributed by atoms with Crippen molar-refractivity contribution in [3.8, 4) is 5.88 Å². The molecule has 1 heterocycles. The second kappa shape index (κ2) is 5.55. The van der Waals surface area contributed by atoms with Crippen LogP contribution in [0.1, 0.15) is 12.7 Å². The third kappa shape index (κ3) is 3.39. The Morgan fingerprint density at radius 3 is 2.50 bits per heavy atom. The van der Waals surface area contributed by atoms with E-state index >= 15 is 0 Å². The lowest BCUT2D eigenvalue weighted by Gasteiger charge is -2.26. The van der Waals surface area contributed by atoms with Crippen LogP contribution in [0.25, 0.3) is 0 Å². The number of alkyl halides is 2. The van der Waals surface area contributed by atoms with Gasteiger partial charge in [0.2, 0.25) is 5.88 Å². The first kappa shape index (κ1) is 13.3. The molecule has 0 atom stereocenters. The lowest BCUT2D eigenvalue weighted by molar-refractivity contribution is 0.395. The Morgan fingerprint density at radius 1 is 1.38 bits per heavy atom. The van der Waals surface area contributed by atoms with Crippen molar-refractivity contribution in [2.24, 2.45) is 0 Å². The van der Waals surface area contributed by atoms with Gasteiger partial charge in [-0.15, -0.1) is 23.2 Å². The van der Waals surface area contributed by atoms with Crippen molar-refractivity contribution in [2.45, 2.75) is 19.4 Å². The molecule has 90 valence electrons. The first-order valence-corrected chi connectivity index (χ1v) is 5.89. The van der Waals surface area contributed by atoms with Gasteiger partial charge in [-0.05, 0) is 13.8 Å². The molecule has 0 bridgehead atoms. The molecule has 6 heteroatoms. The number of methoxy groups -OCH3 is 1. The summed E-state index contributed by atoms with van der Waals surface area (Å²) in [6.45, 7) is 3.73. The largest absolute Gasteiger partial charge is 0.481 e. The fraction of sp³-hybridized carbons (Fsp3) is 0.600. The van der Waals surface area contributed by atoms with Crippen LogP contribution in [0, 0.1) is 6.92 Å². The maximum Gasteiger partial charge on any atom is 0.218 e. The number of ether oxygens (including phenoxy) is 1. The van der Waals surface area contributed by atoms with Gasteiger partial charge < -0.3 is 10.1 Å². The Bertz CT molecular complexity index is 356. The van der Waals surface area contributed by atoms with E-state index in [0.717, 1.165) is 0 Å². The van der Waals surface area contributed by atoms with E-state index in [9.17, 15) is 0 Å². The summed E-state index contributed by atoms with van der Waals surface area (Å²) in [5.41, 5.74) is -0.394. The topological polar surface area (TPSA) is 47.0 Å². The second-order valence-corrected chi connectivity index (χ2v) is 4.33. The monoisotopic (exact) mass is 263 g/mol. The maximum atomic E-state index is 5.85. The number of aryl methyl sites for hydroxylation is 1. The molecule has 1 aromatic rings. The van der Waals surface area contributed by atoms with Gasteiger partial charge in [0.15, 0.2) is 0 Å². The number of aromatic nitrogens is 2. The molecular formula is C10H15Cl2N3O. The molecule has 0 saturated carbocycles. The van der Waals surface area contributed by atoms with E-state index in [1.54, 1.807) is 20.1 Å². The van der Waals surface area contributed by atoms with Crippen molar-refractivity contribution in [3.63, 3.8) is 0 Å². The van der Waals surface area contributed by atoms with Gasteiger partial charge >= 0.3 is 0 Å². The highest BCUT2D eigenvalue weighted by Crippen LogP contribution is 2.19. The minimum Gasteiger partial charge on any atom is -0.481 e. The average molecular weight is 264 g/mol. The molecule has 0 spiro atoms. The van der Waals surface area contributed by atoms with Crippen LogP contribution in [0.15, 0.2) is 6.07 Å². The smallest absolute Gasteiger partial charge is 0.218 e. The van der Waals surface area contributed by atoms with Gasteiger partial charge in [-0.2, -0.15) is 4.98 Å². The van der Waals surface area contributed by atoms with E-state index in [1.807, 2.05) is 6.92 Å². The van der Waals surface area contributed by atoms with E-state index in [4.69, 9.17) is 27.9 Å². The fourth-order valence-corrected chi connectivity index (χ4v) is 1.54. The molecule has 0 aliphatic rings. The number of anilines is 1. The number of nitrogens with zero attached hydrogens (tertiary/aromatic N) is 2. The molecule has 0 amide bonds. The number of rotatable bonds is 5. The van der Waals surface area contributed by atoms with Crippen molar-refractivity contribution >= 4 is 29.0 Å². The molecule has 0 aromatic carbocycles. The first-order valence-electron chi connectivity index (χ1n) is 4.83. The van der Waals surface area contributed by atoms with Crippen LogP contribution in [0.4, 0.5) is 5.82 Å². The highest BCUT2D eigenvalue weighted by Gasteiger charge is 2.22. The summed E-state index contributed by atoms with van der Waals surface area (Å²) in [5.74, 6) is 2.59. The van der Waals surface area contributed by atoms with Crippen molar-refractivity contribution < 1.29 is 4.74 Å². The molecule has 16 heavy (non-hydrogen) atoms. The Balaban J connectivity index is 2.92. The molecule has 0 unspecified atom stereocenters. The molecule has 1 aromatic heterocycles. The molecule has 4 nitrogen and oxygen atoms in total. The third-order valence-electron chi connectivity index (χ3n) is 2.04. The summed E-state index contributed by atoms with van der Waals surface area (Å²) in [6, 6.07) is 1.71. The maximum absolute atomic E-state index is 5.85. The lowest BCUT2D eigenvalue weighted by Crippen LogP contribution is -2.39. The van der Waals surface area contributed by atoms with E-state index in [2.05, 4.69) is 15.3 Å². The number of hydrogen-bond acceptors (Lipinski definition) is 4. The number of hydrogen-bond donors (Lipinski definition) is 1. The summed E-state index contributed by atoms with van der Waals surface area (Å²) >= 11 is 11.7. The molecular weight excluding hydrogens is 249 g/mol. The lowest BCUT2D eigenvalue weighted by atomic mass is 10.1. The van der Waals surface area contributed by atoms with Gasteiger partial charge in [-0.25, -0.2) is 4.98 Å². The van der Waals surface area contributed by atoms with Gasteiger partial charge in [0.1, 0.15) is 11.6 Å². The standard InChI is InChI=1S/C10H15Cl2N3O/c1-7-13-8(4-9(14-7)16-3)15-10(2,5-11)6-12/h4H,5-6H2,1-3H3,(H,13,14,15). The van der Waals surface area contributed by atoms with Crippen molar-refractivity contribution in [1.82, 2.24) is 9.97 Å². The summed E-state index contributed by atoms with van der Waals surface area (Å²) in [6.07, 6.45) is 0. The van der Waals surface area contributed by atoms with E-state index < -0.39 is 5.54 Å². The Labute approximate surface area is 105 Å². The minimum absolute atomic E-state index is 0.391. The zero-order valence-corrected chi connectivity index (χ0v) is 11.1. The molecule has 0 saturated heterocycles. The van der Waals surface area contributed by atoms with Gasteiger partial charge in [-0.1, -0.05) is 0 Å². The van der Waals surface area contributed by atoms with E-state index in [-0.39, 0.29) is 0 Å². The second-order valence-electron chi connectivity index (χ2n) is 3.80. The first-order chi connectivity index (χ1) is 7.53. The van der Waals surface area contributed by atoms with Crippen LogP contribution in [-0.4, -0.2) is 34.4 Å². The van der Waals surface area contributed by atoms with E-state index in [0.29, 0.717) is 29.3 Å². The normalized spacial score (nSPS) is 11.3. The molecule has 1 N–H and O–H groups in total. The van der Waals surface area contributed by atoms with Crippen LogP contribution in [0.3, 0.4) is 0 Å². The van der Waals surface area contributed by atoms with Crippen LogP contribution in [0.2, 0.25) is 0 Å². The molecule has 0 radical (unpaired) electrons. The zero-order valence-electron chi connectivity index (χ0n) is 9.55. The van der Waals surface area contributed by atoms with E-state index in [1.165, 1.54) is 0 Å². The fourth-order valence-electron chi connectivity index (χ4n) is 1.12. The predicted molar refractivity (Wildman–Crippen MR) is 66.8 cm³/mol. The van der Waals surface area contributed by atoms with Crippen molar-refractivity contribution in [1.29, 1.82) is 0 Å². The Morgan fingerprint density at radius 2 is 2.00 bits per heavy atom. The highest BCUT2D eigenvalue weighted by atomic mass is 35.5. The predicted octanol–water partition coefficient (Wildman–Crippen LogP) is 2.44. The van der Waals surface area contributed by atoms with Crippen molar-refractivity contribution in [3.05, 3.63) is 11.9 Å². The quantitative estimate of drug-likeness (QED) is 0.830. The third-order valence-corrected chi connectivity index (χ3v) is 3.22. The molecule has 0 aliphatic carbocycles. The van der Waals surface area contributed by atoms with Gasteiger partial charge in [0, 0.05) is 17.8 Å². The SMILES string of the molecule is COc1cc(NC(C)(CCl)CCl)nc(C)n1. The Hall–Kier alpha value is -0.740. The van der Waals surface area contributed by atoms with Crippen LogP contribution < -0.4 is 10.1 Å². The van der Waals surface area contributed by atoms with Crippen LogP contribution in [-0.2, 0) is 0 Å².